The Kier molecular flexibility index (Phi) is 2.24. The summed E-state index contributed by atoms with van der Waals surface area (Å²) < 4.78 is 0. The minimum absolute atomic E-state index is 0.182. The molecule has 1 unspecified atom stereocenters. The summed E-state index contributed by atoms with van der Waals surface area (Å²) in [5, 5.41) is 0. The van der Waals surface area contributed by atoms with E-state index in [0.717, 1.165) is 6.42 Å². The van der Waals surface area contributed by atoms with Gasteiger partial charge < -0.3 is 9.74 Å². The van der Waals surface area contributed by atoms with E-state index >= 15 is 0 Å². The number of hydrogen-bond donors (Lipinski definition) is 1. The van der Waals surface area contributed by atoms with Gasteiger partial charge in [0, 0.05) is 13.5 Å². The highest BCUT2D eigenvalue weighted by Crippen LogP contribution is 2.15. The van der Waals surface area contributed by atoms with Crippen molar-refractivity contribution in [1.82, 2.24) is 4.90 Å². The molecule has 1 rings (SSSR count). The fourth-order valence-corrected chi connectivity index (χ4v) is 1.17. The summed E-state index contributed by atoms with van der Waals surface area (Å²) in [6, 6.07) is 0.192. The van der Waals surface area contributed by atoms with Crippen molar-refractivity contribution in [2.45, 2.75) is 18.9 Å². The van der Waals surface area contributed by atoms with Crippen LogP contribution in [0.2, 0.25) is 0 Å². The first-order valence-electron chi connectivity index (χ1n) is 3.33. The zero-order valence-corrected chi connectivity index (χ0v) is 6.04. The summed E-state index contributed by atoms with van der Waals surface area (Å²) in [5.74, 6) is 5.06. The van der Waals surface area contributed by atoms with Gasteiger partial charge in [0.05, 0.1) is 12.6 Å². The zero-order chi connectivity index (χ0) is 7.56. The molecule has 0 aliphatic carbocycles. The first kappa shape index (κ1) is 7.50. The second-order valence-electron chi connectivity index (χ2n) is 2.53. The second-order valence-corrected chi connectivity index (χ2v) is 2.53. The van der Waals surface area contributed by atoms with E-state index in [1.807, 2.05) is 0 Å². The van der Waals surface area contributed by atoms with E-state index in [2.05, 4.69) is 4.84 Å². The largest absolute Gasteiger partial charge is 0.340 e. The number of nitrogens with zero attached hydrogens (tertiary/aromatic N) is 1. The number of rotatable bonds is 2. The van der Waals surface area contributed by atoms with Gasteiger partial charge in [0.2, 0.25) is 5.91 Å². The van der Waals surface area contributed by atoms with Crippen LogP contribution in [0.5, 0.6) is 0 Å². The molecule has 0 bridgehead atoms. The van der Waals surface area contributed by atoms with Gasteiger partial charge in [0.1, 0.15) is 0 Å². The van der Waals surface area contributed by atoms with Crippen molar-refractivity contribution in [3.8, 4) is 0 Å². The second kappa shape index (κ2) is 2.98. The topological polar surface area (TPSA) is 55.6 Å². The van der Waals surface area contributed by atoms with E-state index in [-0.39, 0.29) is 11.9 Å². The SMILES string of the molecule is CN1C(=O)CCC1CON. The summed E-state index contributed by atoms with van der Waals surface area (Å²) in [4.78, 5) is 17.0. The number of hydrogen-bond acceptors (Lipinski definition) is 3. The van der Waals surface area contributed by atoms with Crippen LogP contribution >= 0.6 is 0 Å². The normalized spacial score (nSPS) is 26.0. The van der Waals surface area contributed by atoms with Crippen LogP contribution in [0.15, 0.2) is 0 Å². The van der Waals surface area contributed by atoms with Crippen molar-refractivity contribution in [3.05, 3.63) is 0 Å². The van der Waals surface area contributed by atoms with Gasteiger partial charge in [-0.1, -0.05) is 0 Å². The summed E-state index contributed by atoms with van der Waals surface area (Å²) in [7, 11) is 1.78. The van der Waals surface area contributed by atoms with Gasteiger partial charge in [-0.2, -0.15) is 0 Å². The molecule has 0 aromatic carbocycles. The summed E-state index contributed by atoms with van der Waals surface area (Å²) >= 11 is 0. The Morgan fingerprint density at radius 3 is 3.00 bits per heavy atom. The molecule has 4 nitrogen and oxygen atoms in total. The molecule has 2 N–H and O–H groups in total. The van der Waals surface area contributed by atoms with Crippen LogP contribution in [-0.4, -0.2) is 30.5 Å². The Balaban J connectivity index is 2.41. The lowest BCUT2D eigenvalue weighted by molar-refractivity contribution is -0.128. The number of likely N-dealkylation sites (N-methyl/N-ethyl adjacent to an activating group) is 1. The minimum Gasteiger partial charge on any atom is -0.340 e. The maximum atomic E-state index is 10.9. The average Bonchev–Trinajstić information content (AvgIpc) is 2.20. The molecular formula is C6H12N2O2. The maximum Gasteiger partial charge on any atom is 0.222 e. The molecule has 1 atom stereocenters. The average molecular weight is 144 g/mol. The van der Waals surface area contributed by atoms with Crippen molar-refractivity contribution in [2.24, 2.45) is 5.90 Å². The fraction of sp³-hybridized carbons (Fsp3) is 0.833. The summed E-state index contributed by atoms with van der Waals surface area (Å²) in [6.45, 7) is 0.447. The highest BCUT2D eigenvalue weighted by atomic mass is 16.6. The summed E-state index contributed by atoms with van der Waals surface area (Å²) in [6.07, 6.45) is 1.50. The first-order chi connectivity index (χ1) is 4.75. The molecule has 10 heavy (non-hydrogen) atoms. The Hall–Kier alpha value is -0.610. The van der Waals surface area contributed by atoms with E-state index in [4.69, 9.17) is 5.90 Å². The molecule has 1 aliphatic rings. The lowest BCUT2D eigenvalue weighted by Crippen LogP contribution is -2.33. The lowest BCUT2D eigenvalue weighted by Gasteiger charge is -2.17. The molecule has 4 heteroatoms. The van der Waals surface area contributed by atoms with Crippen LogP contribution in [-0.2, 0) is 9.63 Å². The number of carbonyl (C=O) groups is 1. The predicted molar refractivity (Wildman–Crippen MR) is 35.9 cm³/mol. The third kappa shape index (κ3) is 1.27. The van der Waals surface area contributed by atoms with Gasteiger partial charge in [0.25, 0.3) is 0 Å². The van der Waals surface area contributed by atoms with Gasteiger partial charge in [-0.05, 0) is 6.42 Å². The monoisotopic (exact) mass is 144 g/mol. The van der Waals surface area contributed by atoms with Crippen LogP contribution in [0.3, 0.4) is 0 Å². The van der Waals surface area contributed by atoms with Crippen LogP contribution in [0.25, 0.3) is 0 Å². The molecule has 1 fully saturated rings. The van der Waals surface area contributed by atoms with Gasteiger partial charge >= 0.3 is 0 Å². The maximum absolute atomic E-state index is 10.9. The highest BCUT2D eigenvalue weighted by molar-refractivity contribution is 5.78. The molecule has 1 saturated heterocycles. The van der Waals surface area contributed by atoms with Gasteiger partial charge in [-0.15, -0.1) is 0 Å². The van der Waals surface area contributed by atoms with Crippen LogP contribution in [0, 0.1) is 0 Å². The molecule has 1 amide bonds. The third-order valence-electron chi connectivity index (χ3n) is 1.92. The van der Waals surface area contributed by atoms with Gasteiger partial charge in [-0.25, -0.2) is 5.90 Å². The van der Waals surface area contributed by atoms with Crippen molar-refractivity contribution < 1.29 is 9.63 Å². The number of carbonyl (C=O) groups excluding carboxylic acids is 1. The van der Waals surface area contributed by atoms with Crippen molar-refractivity contribution >= 4 is 5.91 Å². The summed E-state index contributed by atoms with van der Waals surface area (Å²) in [5.41, 5.74) is 0. The molecule has 1 aliphatic heterocycles. The Bertz CT molecular complexity index is 138. The highest BCUT2D eigenvalue weighted by Gasteiger charge is 2.27. The standard InChI is InChI=1S/C6H12N2O2/c1-8-5(4-10-7)2-3-6(8)9/h5H,2-4,7H2,1H3. The van der Waals surface area contributed by atoms with Crippen LogP contribution < -0.4 is 5.90 Å². The molecule has 0 aromatic rings. The van der Waals surface area contributed by atoms with E-state index in [9.17, 15) is 4.79 Å². The van der Waals surface area contributed by atoms with E-state index in [0.29, 0.717) is 13.0 Å². The molecular weight excluding hydrogens is 132 g/mol. The Morgan fingerprint density at radius 1 is 1.90 bits per heavy atom. The zero-order valence-electron chi connectivity index (χ0n) is 6.04. The molecule has 0 aromatic heterocycles. The van der Waals surface area contributed by atoms with Crippen LogP contribution in [0.1, 0.15) is 12.8 Å². The van der Waals surface area contributed by atoms with Gasteiger partial charge in [-0.3, -0.25) is 4.79 Å². The lowest BCUT2D eigenvalue weighted by atomic mass is 10.2. The first-order valence-corrected chi connectivity index (χ1v) is 3.33. The molecule has 58 valence electrons. The number of amides is 1. The van der Waals surface area contributed by atoms with E-state index < -0.39 is 0 Å². The van der Waals surface area contributed by atoms with Crippen molar-refractivity contribution in [1.29, 1.82) is 0 Å². The minimum atomic E-state index is 0.182. The molecule has 0 spiro atoms. The molecule has 0 saturated carbocycles. The Labute approximate surface area is 59.9 Å². The van der Waals surface area contributed by atoms with Crippen molar-refractivity contribution in [2.75, 3.05) is 13.7 Å². The molecule has 0 radical (unpaired) electrons. The third-order valence-corrected chi connectivity index (χ3v) is 1.92. The smallest absolute Gasteiger partial charge is 0.222 e. The quantitative estimate of drug-likeness (QED) is 0.531. The fourth-order valence-electron chi connectivity index (χ4n) is 1.17. The van der Waals surface area contributed by atoms with Crippen LogP contribution in [0.4, 0.5) is 0 Å². The molecule has 1 heterocycles. The Morgan fingerprint density at radius 2 is 2.60 bits per heavy atom. The van der Waals surface area contributed by atoms with Gasteiger partial charge in [0.15, 0.2) is 0 Å². The predicted octanol–water partition coefficient (Wildman–Crippen LogP) is -0.502. The van der Waals surface area contributed by atoms with Crippen molar-refractivity contribution in [3.63, 3.8) is 0 Å². The van der Waals surface area contributed by atoms with E-state index in [1.54, 1.807) is 11.9 Å². The number of likely N-dealkylation sites (tertiary alicyclic amines) is 1. The number of nitrogens with two attached hydrogens (primary N) is 1. The van der Waals surface area contributed by atoms with E-state index in [1.165, 1.54) is 0 Å².